The smallest absolute Gasteiger partial charge is 0.252 e. The normalized spacial score (nSPS) is 10.7. The van der Waals surface area contributed by atoms with Crippen molar-refractivity contribution < 1.29 is 4.79 Å². The maximum atomic E-state index is 11.0. The van der Waals surface area contributed by atoms with E-state index in [2.05, 4.69) is 20.1 Å². The van der Waals surface area contributed by atoms with Crippen LogP contribution in [0.15, 0.2) is 36.9 Å². The van der Waals surface area contributed by atoms with Gasteiger partial charge in [0.15, 0.2) is 5.82 Å². The van der Waals surface area contributed by atoms with Gasteiger partial charge < -0.3 is 5.73 Å². The highest BCUT2D eigenvalue weighted by molar-refractivity contribution is 5.92. The fourth-order valence-corrected chi connectivity index (χ4v) is 1.53. The van der Waals surface area contributed by atoms with Gasteiger partial charge in [-0.3, -0.25) is 9.78 Å². The van der Waals surface area contributed by atoms with Crippen LogP contribution in [0.3, 0.4) is 0 Å². The summed E-state index contributed by atoms with van der Waals surface area (Å²) in [5.74, 6) is 0.378. The summed E-state index contributed by atoms with van der Waals surface area (Å²) in [4.78, 5) is 23.2. The predicted molar refractivity (Wildman–Crippen MR) is 62.5 cm³/mol. The molecule has 0 aliphatic heterocycles. The van der Waals surface area contributed by atoms with Gasteiger partial charge in [-0.15, -0.1) is 5.10 Å². The van der Waals surface area contributed by atoms with Crippen LogP contribution in [0.25, 0.3) is 17.2 Å². The molecule has 3 aromatic heterocycles. The minimum atomic E-state index is -0.551. The molecule has 3 aromatic rings. The van der Waals surface area contributed by atoms with Crippen molar-refractivity contribution in [2.45, 2.75) is 0 Å². The van der Waals surface area contributed by atoms with E-state index < -0.39 is 5.91 Å². The highest BCUT2D eigenvalue weighted by Gasteiger charge is 2.09. The van der Waals surface area contributed by atoms with Gasteiger partial charge in [-0.2, -0.15) is 4.98 Å². The summed E-state index contributed by atoms with van der Waals surface area (Å²) >= 11 is 0. The first kappa shape index (κ1) is 10.3. The number of primary amides is 1. The Labute approximate surface area is 101 Å². The first-order valence-electron chi connectivity index (χ1n) is 5.16. The van der Waals surface area contributed by atoms with Gasteiger partial charge in [-0.25, -0.2) is 9.50 Å². The molecule has 0 bridgehead atoms. The average Bonchev–Trinajstić information content (AvgIpc) is 2.82. The van der Waals surface area contributed by atoms with Crippen LogP contribution in [0, 0.1) is 0 Å². The lowest BCUT2D eigenvalue weighted by atomic mass is 10.3. The molecular formula is C11H8N6O. The lowest BCUT2D eigenvalue weighted by Crippen LogP contribution is -2.12. The third-order valence-electron chi connectivity index (χ3n) is 2.42. The second-order valence-electron chi connectivity index (χ2n) is 3.62. The molecule has 18 heavy (non-hydrogen) atoms. The molecule has 0 unspecified atom stereocenters. The molecule has 0 fully saturated rings. The maximum Gasteiger partial charge on any atom is 0.252 e. The van der Waals surface area contributed by atoms with Crippen molar-refractivity contribution in [3.63, 3.8) is 0 Å². The first-order valence-corrected chi connectivity index (χ1v) is 5.16. The number of aromatic nitrogens is 5. The molecular weight excluding hydrogens is 232 g/mol. The van der Waals surface area contributed by atoms with Crippen molar-refractivity contribution in [2.75, 3.05) is 0 Å². The van der Waals surface area contributed by atoms with Crippen molar-refractivity contribution in [3.05, 3.63) is 42.5 Å². The third-order valence-corrected chi connectivity index (χ3v) is 2.42. The topological polar surface area (TPSA) is 99.1 Å². The molecule has 1 amide bonds. The number of carbonyl (C=O) groups is 1. The Morgan fingerprint density at radius 2 is 2.06 bits per heavy atom. The lowest BCUT2D eigenvalue weighted by molar-refractivity contribution is 0.0999. The Morgan fingerprint density at radius 3 is 2.78 bits per heavy atom. The third kappa shape index (κ3) is 1.67. The van der Waals surface area contributed by atoms with E-state index >= 15 is 0 Å². The number of pyridine rings is 1. The zero-order chi connectivity index (χ0) is 12.5. The molecule has 7 nitrogen and oxygen atoms in total. The van der Waals surface area contributed by atoms with Crippen LogP contribution < -0.4 is 5.73 Å². The average molecular weight is 240 g/mol. The highest BCUT2D eigenvalue weighted by atomic mass is 16.1. The van der Waals surface area contributed by atoms with E-state index in [1.165, 1.54) is 16.9 Å². The number of hydrogen-bond donors (Lipinski definition) is 1. The molecule has 88 valence electrons. The molecule has 0 aliphatic rings. The molecule has 2 N–H and O–H groups in total. The van der Waals surface area contributed by atoms with Gasteiger partial charge in [-0.05, 0) is 12.1 Å². The van der Waals surface area contributed by atoms with Crippen molar-refractivity contribution in [1.82, 2.24) is 24.6 Å². The molecule has 0 saturated heterocycles. The molecule has 0 atom stereocenters. The summed E-state index contributed by atoms with van der Waals surface area (Å²) in [5, 5.41) is 4.23. The fourth-order valence-electron chi connectivity index (χ4n) is 1.53. The van der Waals surface area contributed by atoms with E-state index in [0.29, 0.717) is 11.6 Å². The molecule has 7 heteroatoms. The van der Waals surface area contributed by atoms with E-state index in [9.17, 15) is 4.79 Å². The Kier molecular flexibility index (Phi) is 2.23. The Balaban J connectivity index is 2.14. The van der Waals surface area contributed by atoms with E-state index in [4.69, 9.17) is 5.73 Å². The minimum absolute atomic E-state index is 0.286. The van der Waals surface area contributed by atoms with Gasteiger partial charge >= 0.3 is 0 Å². The van der Waals surface area contributed by atoms with Gasteiger partial charge in [0.25, 0.3) is 11.7 Å². The van der Waals surface area contributed by atoms with Gasteiger partial charge in [0.1, 0.15) is 0 Å². The largest absolute Gasteiger partial charge is 0.366 e. The monoisotopic (exact) mass is 240 g/mol. The Bertz CT molecular complexity index is 721. The van der Waals surface area contributed by atoms with Crippen LogP contribution >= 0.6 is 0 Å². The Morgan fingerprint density at radius 1 is 1.28 bits per heavy atom. The molecule has 0 radical (unpaired) electrons. The summed E-state index contributed by atoms with van der Waals surface area (Å²) in [7, 11) is 0. The number of fused-ring (bicyclic) bond motifs is 1. The minimum Gasteiger partial charge on any atom is -0.366 e. The summed E-state index contributed by atoms with van der Waals surface area (Å²) in [6.45, 7) is 0. The number of hydrogen-bond acceptors (Lipinski definition) is 5. The van der Waals surface area contributed by atoms with E-state index in [0.717, 1.165) is 5.56 Å². The number of rotatable bonds is 2. The molecule has 0 aliphatic carbocycles. The first-order chi connectivity index (χ1) is 8.74. The van der Waals surface area contributed by atoms with Gasteiger partial charge in [0.05, 0.1) is 5.56 Å². The van der Waals surface area contributed by atoms with Crippen LogP contribution in [-0.4, -0.2) is 30.5 Å². The van der Waals surface area contributed by atoms with Crippen LogP contribution in [0.1, 0.15) is 10.4 Å². The van der Waals surface area contributed by atoms with E-state index in [1.807, 2.05) is 0 Å². The highest BCUT2D eigenvalue weighted by Crippen LogP contribution is 2.13. The van der Waals surface area contributed by atoms with Crippen LogP contribution in [0.4, 0.5) is 0 Å². The van der Waals surface area contributed by atoms with Crippen LogP contribution in [-0.2, 0) is 0 Å². The number of nitrogens with two attached hydrogens (primary N) is 1. The fraction of sp³-hybridized carbons (Fsp3) is 0. The summed E-state index contributed by atoms with van der Waals surface area (Å²) in [6, 6.07) is 3.59. The van der Waals surface area contributed by atoms with E-state index in [1.54, 1.807) is 24.5 Å². The van der Waals surface area contributed by atoms with Gasteiger partial charge in [-0.1, -0.05) is 0 Å². The van der Waals surface area contributed by atoms with E-state index in [-0.39, 0.29) is 5.56 Å². The zero-order valence-electron chi connectivity index (χ0n) is 9.19. The molecule has 3 rings (SSSR count). The van der Waals surface area contributed by atoms with Crippen LogP contribution in [0.2, 0.25) is 0 Å². The zero-order valence-corrected chi connectivity index (χ0v) is 9.19. The number of amides is 1. The number of carbonyl (C=O) groups excluding carboxylic acids is 1. The Hall–Kier alpha value is -2.83. The summed E-state index contributed by atoms with van der Waals surface area (Å²) in [6.07, 6.45) is 6.19. The maximum absolute atomic E-state index is 11.0. The summed E-state index contributed by atoms with van der Waals surface area (Å²) in [5.41, 5.74) is 6.29. The quantitative estimate of drug-likeness (QED) is 0.693. The predicted octanol–water partition coefficient (Wildman–Crippen LogP) is 0.285. The second kappa shape index (κ2) is 3.88. The van der Waals surface area contributed by atoms with Crippen molar-refractivity contribution in [1.29, 1.82) is 0 Å². The standard InChI is InChI=1S/C11H8N6O/c12-9(18)8-5-14-11-15-10(16-17(11)6-8)7-1-3-13-4-2-7/h1-6H,(H2,12,18). The molecule has 3 heterocycles. The number of nitrogens with zero attached hydrogens (tertiary/aromatic N) is 5. The molecule has 0 saturated carbocycles. The molecule has 0 aromatic carbocycles. The van der Waals surface area contributed by atoms with Crippen molar-refractivity contribution >= 4 is 11.7 Å². The van der Waals surface area contributed by atoms with Gasteiger partial charge in [0, 0.05) is 30.4 Å². The van der Waals surface area contributed by atoms with Gasteiger partial charge in [0.2, 0.25) is 0 Å². The van der Waals surface area contributed by atoms with Crippen molar-refractivity contribution in [3.8, 4) is 11.4 Å². The van der Waals surface area contributed by atoms with Crippen molar-refractivity contribution in [2.24, 2.45) is 5.73 Å². The molecule has 0 spiro atoms. The second-order valence-corrected chi connectivity index (χ2v) is 3.62. The SMILES string of the molecule is NC(=O)c1cnc2nc(-c3ccncc3)nn2c1. The summed E-state index contributed by atoms with van der Waals surface area (Å²) < 4.78 is 1.43. The van der Waals surface area contributed by atoms with Crippen LogP contribution in [0.5, 0.6) is 0 Å². The lowest BCUT2D eigenvalue weighted by Gasteiger charge is -1.93.